The molecule has 0 radical (unpaired) electrons. The van der Waals surface area contributed by atoms with Gasteiger partial charge in [0.1, 0.15) is 11.6 Å². The van der Waals surface area contributed by atoms with Crippen LogP contribution in [0.3, 0.4) is 0 Å². The fraction of sp³-hybridized carbons (Fsp3) is 0.0909. The van der Waals surface area contributed by atoms with Crippen molar-refractivity contribution in [2.75, 3.05) is 18.2 Å². The van der Waals surface area contributed by atoms with E-state index < -0.39 is 0 Å². The number of ether oxygens (including phenoxy) is 1. The fourth-order valence-corrected chi connectivity index (χ4v) is 3.24. The summed E-state index contributed by atoms with van der Waals surface area (Å²) in [5.41, 5.74) is 1.64. The first kappa shape index (κ1) is 19.6. The Morgan fingerprint density at radius 2 is 1.50 bits per heavy atom. The van der Waals surface area contributed by atoms with Crippen LogP contribution in [0.1, 0.15) is 20.7 Å². The molecule has 0 atom stereocenters. The number of nitrogens with one attached hydrogen (secondary N) is 1. The van der Waals surface area contributed by atoms with Gasteiger partial charge < -0.3 is 10.1 Å². The zero-order valence-corrected chi connectivity index (χ0v) is 16.0. The molecule has 0 spiro atoms. The molecule has 142 valence electrons. The topological polar surface area (TPSA) is 55.4 Å². The predicted molar refractivity (Wildman–Crippen MR) is 109 cm³/mol. The van der Waals surface area contributed by atoms with Crippen LogP contribution in [0, 0.1) is 5.82 Å². The lowest BCUT2D eigenvalue weighted by Crippen LogP contribution is -2.11. The van der Waals surface area contributed by atoms with Gasteiger partial charge in [0.15, 0.2) is 5.78 Å². The monoisotopic (exact) mass is 395 g/mol. The molecule has 6 heteroatoms. The van der Waals surface area contributed by atoms with E-state index in [0.717, 1.165) is 4.90 Å². The summed E-state index contributed by atoms with van der Waals surface area (Å²) in [5, 5.41) is 2.76. The highest BCUT2D eigenvalue weighted by atomic mass is 32.2. The third-order valence-electron chi connectivity index (χ3n) is 4.00. The first-order chi connectivity index (χ1) is 13.5. The summed E-state index contributed by atoms with van der Waals surface area (Å²) in [5.74, 6) is 0.356. The molecule has 0 aliphatic carbocycles. The summed E-state index contributed by atoms with van der Waals surface area (Å²) in [7, 11) is 1.58. The number of hydrogen-bond donors (Lipinski definition) is 1. The molecule has 0 aliphatic rings. The van der Waals surface area contributed by atoms with Crippen molar-refractivity contribution in [3.8, 4) is 5.75 Å². The molecule has 3 rings (SSSR count). The normalized spacial score (nSPS) is 10.4. The van der Waals surface area contributed by atoms with Gasteiger partial charge in [-0.25, -0.2) is 4.39 Å². The second kappa shape index (κ2) is 9.19. The van der Waals surface area contributed by atoms with Crippen LogP contribution >= 0.6 is 11.8 Å². The number of carbonyl (C=O) groups is 2. The molecule has 3 aromatic rings. The van der Waals surface area contributed by atoms with E-state index in [1.165, 1.54) is 36.0 Å². The summed E-state index contributed by atoms with van der Waals surface area (Å²) < 4.78 is 18.0. The van der Waals surface area contributed by atoms with Crippen LogP contribution in [0.15, 0.2) is 77.7 Å². The number of ketones is 1. The Hall–Kier alpha value is -3.12. The number of hydrogen-bond acceptors (Lipinski definition) is 4. The minimum atomic E-state index is -0.387. The molecule has 1 N–H and O–H groups in total. The number of benzene rings is 3. The van der Waals surface area contributed by atoms with Gasteiger partial charge in [0.05, 0.1) is 12.9 Å². The second-order valence-electron chi connectivity index (χ2n) is 5.93. The van der Waals surface area contributed by atoms with Gasteiger partial charge in [0.25, 0.3) is 5.91 Å². The van der Waals surface area contributed by atoms with Crippen LogP contribution in [0.5, 0.6) is 5.75 Å². The lowest BCUT2D eigenvalue weighted by molar-refractivity contribution is 0.101. The van der Waals surface area contributed by atoms with Crippen molar-refractivity contribution in [1.82, 2.24) is 0 Å². The van der Waals surface area contributed by atoms with Gasteiger partial charge in [-0.15, -0.1) is 11.8 Å². The summed E-state index contributed by atoms with van der Waals surface area (Å²) in [4.78, 5) is 25.3. The number of thioether (sulfide) groups is 1. The average Bonchev–Trinajstić information content (AvgIpc) is 2.73. The van der Waals surface area contributed by atoms with E-state index in [2.05, 4.69) is 5.32 Å². The van der Waals surface area contributed by atoms with Gasteiger partial charge in [-0.3, -0.25) is 9.59 Å². The molecule has 4 nitrogen and oxygen atoms in total. The Kier molecular flexibility index (Phi) is 6.45. The van der Waals surface area contributed by atoms with Crippen LogP contribution in [-0.2, 0) is 0 Å². The van der Waals surface area contributed by atoms with E-state index in [0.29, 0.717) is 28.3 Å². The lowest BCUT2D eigenvalue weighted by Gasteiger charge is -2.07. The molecule has 0 saturated carbocycles. The van der Waals surface area contributed by atoms with Crippen molar-refractivity contribution in [2.24, 2.45) is 0 Å². The Labute approximate surface area is 166 Å². The third kappa shape index (κ3) is 5.20. The predicted octanol–water partition coefficient (Wildman–Crippen LogP) is 5.06. The molecule has 3 aromatic carbocycles. The Bertz CT molecular complexity index is 955. The molecule has 0 aromatic heterocycles. The van der Waals surface area contributed by atoms with Gasteiger partial charge in [-0.2, -0.15) is 0 Å². The minimum absolute atomic E-state index is 0.0290. The number of rotatable bonds is 7. The van der Waals surface area contributed by atoms with E-state index in [1.54, 1.807) is 43.5 Å². The van der Waals surface area contributed by atoms with Gasteiger partial charge in [-0.05, 0) is 72.8 Å². The zero-order valence-electron chi connectivity index (χ0n) is 15.1. The number of Topliss-reactive ketones (excluding diaryl/α,β-unsaturated/α-hetero) is 1. The van der Waals surface area contributed by atoms with Crippen molar-refractivity contribution in [3.63, 3.8) is 0 Å². The molecule has 0 fully saturated rings. The summed E-state index contributed by atoms with van der Waals surface area (Å²) >= 11 is 1.42. The van der Waals surface area contributed by atoms with Crippen LogP contribution < -0.4 is 10.1 Å². The average molecular weight is 395 g/mol. The zero-order chi connectivity index (χ0) is 19.9. The molecule has 0 unspecified atom stereocenters. The van der Waals surface area contributed by atoms with E-state index in [1.807, 2.05) is 12.1 Å². The Morgan fingerprint density at radius 1 is 0.893 bits per heavy atom. The number of halogens is 1. The van der Waals surface area contributed by atoms with E-state index in [4.69, 9.17) is 4.74 Å². The maximum absolute atomic E-state index is 12.9. The Balaban J connectivity index is 1.54. The molecule has 0 saturated heterocycles. The molecule has 28 heavy (non-hydrogen) atoms. The number of methoxy groups -OCH3 is 1. The van der Waals surface area contributed by atoms with Crippen LogP contribution in [-0.4, -0.2) is 24.6 Å². The standard InChI is InChI=1S/C22H18FNO3S/c1-27-19-10-4-15(5-11-19)21(25)14-28-20-12-8-18(9-13-20)24-22(26)16-2-6-17(23)7-3-16/h2-13H,14H2,1H3,(H,24,26). The molecule has 0 heterocycles. The molecule has 1 amide bonds. The fourth-order valence-electron chi connectivity index (χ4n) is 2.45. The highest BCUT2D eigenvalue weighted by Crippen LogP contribution is 2.22. The van der Waals surface area contributed by atoms with E-state index in [-0.39, 0.29) is 17.5 Å². The molecule has 0 bridgehead atoms. The largest absolute Gasteiger partial charge is 0.497 e. The lowest BCUT2D eigenvalue weighted by atomic mass is 10.1. The highest BCUT2D eigenvalue weighted by Gasteiger charge is 2.08. The van der Waals surface area contributed by atoms with Gasteiger partial charge in [0, 0.05) is 21.7 Å². The first-order valence-corrected chi connectivity index (χ1v) is 9.51. The molecular formula is C22H18FNO3S. The van der Waals surface area contributed by atoms with E-state index in [9.17, 15) is 14.0 Å². The number of carbonyl (C=O) groups excluding carboxylic acids is 2. The third-order valence-corrected chi connectivity index (χ3v) is 5.01. The minimum Gasteiger partial charge on any atom is -0.497 e. The van der Waals surface area contributed by atoms with Crippen molar-refractivity contribution in [2.45, 2.75) is 4.90 Å². The molecule has 0 aliphatic heterocycles. The smallest absolute Gasteiger partial charge is 0.255 e. The van der Waals surface area contributed by atoms with Crippen molar-refractivity contribution in [3.05, 3.63) is 89.7 Å². The SMILES string of the molecule is COc1ccc(C(=O)CSc2ccc(NC(=O)c3ccc(F)cc3)cc2)cc1. The number of amides is 1. The van der Waals surface area contributed by atoms with Crippen molar-refractivity contribution >= 4 is 29.1 Å². The number of anilines is 1. The van der Waals surface area contributed by atoms with Crippen LogP contribution in [0.2, 0.25) is 0 Å². The highest BCUT2D eigenvalue weighted by molar-refractivity contribution is 8.00. The first-order valence-electron chi connectivity index (χ1n) is 8.52. The summed E-state index contributed by atoms with van der Waals surface area (Å²) in [6, 6.07) is 19.6. The summed E-state index contributed by atoms with van der Waals surface area (Å²) in [6.45, 7) is 0. The van der Waals surface area contributed by atoms with Gasteiger partial charge in [0.2, 0.25) is 0 Å². The Morgan fingerprint density at radius 3 is 2.11 bits per heavy atom. The quantitative estimate of drug-likeness (QED) is 0.449. The van der Waals surface area contributed by atoms with Crippen molar-refractivity contribution in [1.29, 1.82) is 0 Å². The van der Waals surface area contributed by atoms with Crippen molar-refractivity contribution < 1.29 is 18.7 Å². The molecular weight excluding hydrogens is 377 g/mol. The maximum atomic E-state index is 12.9. The second-order valence-corrected chi connectivity index (χ2v) is 6.97. The van der Waals surface area contributed by atoms with Gasteiger partial charge >= 0.3 is 0 Å². The maximum Gasteiger partial charge on any atom is 0.255 e. The summed E-state index contributed by atoms with van der Waals surface area (Å²) in [6.07, 6.45) is 0. The van der Waals surface area contributed by atoms with Gasteiger partial charge in [-0.1, -0.05) is 0 Å². The van der Waals surface area contributed by atoms with Crippen LogP contribution in [0.25, 0.3) is 0 Å². The van der Waals surface area contributed by atoms with Crippen LogP contribution in [0.4, 0.5) is 10.1 Å². The van der Waals surface area contributed by atoms with E-state index >= 15 is 0 Å².